The van der Waals surface area contributed by atoms with Crippen LogP contribution < -0.4 is 5.32 Å². The lowest BCUT2D eigenvalue weighted by Crippen LogP contribution is -2.62. The topological polar surface area (TPSA) is 170 Å². The number of hydrogen-bond acceptors (Lipinski definition) is 14. The summed E-state index contributed by atoms with van der Waals surface area (Å²) in [4.78, 5) is 0. The molecule has 0 bridgehead atoms. The van der Waals surface area contributed by atoms with Crippen LogP contribution in [0.25, 0.3) is 0 Å². The third-order valence-corrected chi connectivity index (χ3v) is 37.6. The van der Waals surface area contributed by atoms with E-state index in [0.29, 0.717) is 109 Å². The van der Waals surface area contributed by atoms with Crippen molar-refractivity contribution in [3.63, 3.8) is 0 Å². The molecule has 0 aromatic rings. The fourth-order valence-corrected chi connectivity index (χ4v) is 30.0. The van der Waals surface area contributed by atoms with Gasteiger partial charge in [-0.25, -0.2) is 25.4 Å². The molecule has 1 N–H and O–H groups in total. The highest BCUT2D eigenvalue weighted by Gasteiger charge is 2.64. The van der Waals surface area contributed by atoms with Crippen molar-refractivity contribution in [1.82, 2.24) is 13.9 Å². The van der Waals surface area contributed by atoms with Gasteiger partial charge in [0.25, 0.3) is 0 Å². The Bertz CT molecular complexity index is 3050. The van der Waals surface area contributed by atoms with Gasteiger partial charge in [0, 0.05) is 80.0 Å². The van der Waals surface area contributed by atoms with Crippen LogP contribution in [0.5, 0.6) is 0 Å². The van der Waals surface area contributed by atoms with Crippen molar-refractivity contribution in [3.05, 3.63) is 36.5 Å². The first kappa shape index (κ1) is 78.9. The van der Waals surface area contributed by atoms with Crippen LogP contribution in [0.3, 0.4) is 0 Å². The lowest BCUT2D eigenvalue weighted by atomic mass is 9.46. The molecule has 105 heavy (non-hydrogen) atoms. The van der Waals surface area contributed by atoms with Gasteiger partial charge in [0.2, 0.25) is 20.0 Å². The summed E-state index contributed by atoms with van der Waals surface area (Å²) in [5.74, 6) is 5.12. The summed E-state index contributed by atoms with van der Waals surface area (Å²) in [6.45, 7) is 38.2. The largest absolute Gasteiger partial charge is 0.378 e. The number of fused-ring (bicyclic) bond motifs is 9. The highest BCUT2D eigenvalue weighted by molar-refractivity contribution is 7.90. The van der Waals surface area contributed by atoms with E-state index >= 15 is 0 Å². The fraction of sp³-hybridized carbons (Fsp3) is 0.931. The molecule has 6 saturated heterocycles. The number of rotatable bonds is 19. The minimum Gasteiger partial charge on any atom is -0.378 e. The molecule has 0 aromatic carbocycles. The minimum atomic E-state index is -3.06. The van der Waals surface area contributed by atoms with E-state index in [1.807, 2.05) is 0 Å². The number of sulfonamides is 2. The molecular weight excluding hydrogens is 1360 g/mol. The highest BCUT2D eigenvalue weighted by atomic mass is 32.2. The van der Waals surface area contributed by atoms with E-state index in [1.54, 1.807) is 8.61 Å². The molecule has 3 unspecified atom stereocenters. The number of hydrogen-bond donors (Lipinski definition) is 1. The van der Waals surface area contributed by atoms with Crippen LogP contribution in [0.15, 0.2) is 36.5 Å². The molecule has 596 valence electrons. The molecule has 11 aliphatic carbocycles. The van der Waals surface area contributed by atoms with Gasteiger partial charge < -0.3 is 47.9 Å². The molecular formula is C87H143N3O13S2. The monoisotopic (exact) mass is 1500 g/mol. The van der Waals surface area contributed by atoms with Gasteiger partial charge in [0.05, 0.1) is 66.9 Å². The fourth-order valence-electron chi connectivity index (χ4n) is 26.3. The van der Waals surface area contributed by atoms with Crippen LogP contribution in [0.1, 0.15) is 279 Å². The number of piperidine rings is 3. The molecule has 18 heteroatoms. The third-order valence-electron chi connectivity index (χ3n) is 32.9. The van der Waals surface area contributed by atoms with Crippen molar-refractivity contribution in [2.24, 2.45) is 85.8 Å². The molecule has 6 heterocycles. The molecule has 17 aliphatic rings. The maximum absolute atomic E-state index is 12.5. The Labute approximate surface area is 636 Å². The molecule has 6 aliphatic heterocycles. The summed E-state index contributed by atoms with van der Waals surface area (Å²) in [6.07, 6.45) is 43.5. The first-order chi connectivity index (χ1) is 50.4. The average Bonchev–Trinajstić information content (AvgIpc) is 1.60. The van der Waals surface area contributed by atoms with Crippen LogP contribution in [0.2, 0.25) is 0 Å². The summed E-state index contributed by atoms with van der Waals surface area (Å²) in [5, 5.41) is 3.22. The van der Waals surface area contributed by atoms with Crippen molar-refractivity contribution in [1.29, 1.82) is 0 Å². The summed E-state index contributed by atoms with van der Waals surface area (Å²) >= 11 is 0. The van der Waals surface area contributed by atoms with E-state index < -0.39 is 20.0 Å². The summed E-state index contributed by atoms with van der Waals surface area (Å²) in [5.41, 5.74) is 5.26. The Hall–Kier alpha value is -1.36. The van der Waals surface area contributed by atoms with Crippen LogP contribution in [-0.4, -0.2) is 170 Å². The van der Waals surface area contributed by atoms with Crippen molar-refractivity contribution in [2.75, 3.05) is 78.9 Å². The quantitative estimate of drug-likeness (QED) is 0.121. The van der Waals surface area contributed by atoms with Gasteiger partial charge in [-0.05, 0) is 264 Å². The summed E-state index contributed by atoms with van der Waals surface area (Å²) in [7, 11) is -6.11. The molecule has 17 fully saturated rings. The SMILES string of the molecule is C=C1CCC2[C@]3(C)CO[C@@H](C4CCCC4)O[C@@H]3CC[C@@]2(C)[C@@H]1CCOC1CCN(S(=O)(=O)C2CC2)CC1.C=C1CCC2[C@]3(C)CO[C@@H](C4CCCC4)O[C@@H]3CC[C@@]2(C)[C@@H]1CCOC1CCN(S(=O)(=O)C2CC2)CC1.C=C1CCC2[C@]3(C)CO[C@@H](C4CCCC4)O[C@@H]3CC[C@@]2(C)[C@@H]1CCOC1CCNCC1. The van der Waals surface area contributed by atoms with Gasteiger partial charge in [0.15, 0.2) is 18.9 Å². The number of nitrogens with one attached hydrogen (secondary N) is 1. The van der Waals surface area contributed by atoms with E-state index in [0.717, 1.165) is 168 Å². The smallest absolute Gasteiger partial charge is 0.216 e. The van der Waals surface area contributed by atoms with E-state index in [4.69, 9.17) is 42.6 Å². The Morgan fingerprint density at radius 3 is 0.952 bits per heavy atom. The van der Waals surface area contributed by atoms with Crippen molar-refractivity contribution in [2.45, 2.75) is 345 Å². The van der Waals surface area contributed by atoms with Crippen molar-refractivity contribution in [3.8, 4) is 0 Å². The lowest BCUT2D eigenvalue weighted by Gasteiger charge is -2.63. The van der Waals surface area contributed by atoms with Crippen molar-refractivity contribution >= 4 is 20.0 Å². The van der Waals surface area contributed by atoms with Gasteiger partial charge in [-0.2, -0.15) is 0 Å². The molecule has 16 nitrogen and oxygen atoms in total. The number of ether oxygens (including phenoxy) is 9. The second kappa shape index (κ2) is 32.5. The molecule has 0 aromatic heterocycles. The zero-order valence-corrected chi connectivity index (χ0v) is 68.0. The molecule has 11 saturated carbocycles. The predicted octanol–water partition coefficient (Wildman–Crippen LogP) is 16.8. The van der Waals surface area contributed by atoms with Gasteiger partial charge >= 0.3 is 0 Å². The molecule has 0 spiro atoms. The Kier molecular flexibility index (Phi) is 24.4. The van der Waals surface area contributed by atoms with Crippen LogP contribution >= 0.6 is 0 Å². The number of allylic oxidation sites excluding steroid dienone is 3. The Morgan fingerprint density at radius 1 is 0.381 bits per heavy atom. The maximum Gasteiger partial charge on any atom is 0.216 e. The van der Waals surface area contributed by atoms with Gasteiger partial charge in [0.1, 0.15) is 0 Å². The minimum absolute atomic E-state index is 0.0124. The summed E-state index contributed by atoms with van der Waals surface area (Å²) < 4.78 is 112. The van der Waals surface area contributed by atoms with Gasteiger partial charge in [-0.15, -0.1) is 0 Å². The molecule has 17 rings (SSSR count). The standard InChI is InChI=1S/2C30H49NO5S.C27H45NO3/c2*1-21-8-11-26-29(2,16-12-27-30(26,3)20-35-28(36-27)22-6-4-5-7-22)25(21)15-19-34-23-13-17-31(18-14-23)37(32,33)24-9-10-24;1-19-8-9-23-26(2,22(19)13-17-29-21-11-15-28-16-12-21)14-10-24-27(23,3)18-30-25(31-24)20-6-4-5-7-20/h2*22-28H,1,4-20H2,2-3H3;20-25,28H,1,4-18H2,2-3H3/t2*25-,26?,27-,28-,29+,30+;22-,23?,24-,25-,26+,27+/m111/s1. The number of nitrogens with zero attached hydrogens (tertiary/aromatic N) is 2. The third kappa shape index (κ3) is 16.0. The Morgan fingerprint density at radius 2 is 0.667 bits per heavy atom. The van der Waals surface area contributed by atoms with E-state index in [-0.39, 0.29) is 68.7 Å². The molecule has 18 atom stereocenters. The van der Waals surface area contributed by atoms with Crippen LogP contribution in [-0.2, 0) is 62.7 Å². The van der Waals surface area contributed by atoms with E-state index in [1.165, 1.54) is 139 Å². The van der Waals surface area contributed by atoms with E-state index in [9.17, 15) is 16.8 Å². The van der Waals surface area contributed by atoms with Gasteiger partial charge in [-0.3, -0.25) is 0 Å². The van der Waals surface area contributed by atoms with Crippen LogP contribution in [0.4, 0.5) is 0 Å². The molecule has 0 radical (unpaired) electrons. The second-order valence-corrected chi connectivity index (χ2v) is 43.6. The summed E-state index contributed by atoms with van der Waals surface area (Å²) in [6, 6.07) is 0. The maximum atomic E-state index is 12.5. The first-order valence-corrected chi connectivity index (χ1v) is 46.8. The van der Waals surface area contributed by atoms with Crippen LogP contribution in [0, 0.1) is 85.8 Å². The Balaban J connectivity index is 0.000000127. The second-order valence-electron chi connectivity index (χ2n) is 39.2. The van der Waals surface area contributed by atoms with E-state index in [2.05, 4.69) is 66.6 Å². The highest BCUT2D eigenvalue weighted by Crippen LogP contribution is 2.67. The normalized spacial score (nSPS) is 43.2. The van der Waals surface area contributed by atoms with Crippen molar-refractivity contribution < 1.29 is 59.5 Å². The lowest BCUT2D eigenvalue weighted by molar-refractivity contribution is -0.316. The predicted molar refractivity (Wildman–Crippen MR) is 413 cm³/mol. The zero-order chi connectivity index (χ0) is 73.2. The average molecular weight is 1500 g/mol. The zero-order valence-electron chi connectivity index (χ0n) is 66.3. The molecule has 0 amide bonds. The first-order valence-electron chi connectivity index (χ1n) is 43.8. The van der Waals surface area contributed by atoms with Gasteiger partial charge in [-0.1, -0.05) is 117 Å².